The third kappa shape index (κ3) is 4.35. The van der Waals surface area contributed by atoms with Gasteiger partial charge in [-0.25, -0.2) is 0 Å². The van der Waals surface area contributed by atoms with Crippen LogP contribution in [0, 0.1) is 5.92 Å². The van der Waals surface area contributed by atoms with E-state index in [1.54, 1.807) is 18.5 Å². The van der Waals surface area contributed by atoms with Gasteiger partial charge in [-0.1, -0.05) is 27.2 Å². The number of carbonyl (C=O) groups is 1. The van der Waals surface area contributed by atoms with Crippen molar-refractivity contribution in [3.63, 3.8) is 0 Å². The minimum atomic E-state index is -0.0312. The molecule has 100 valence electrons. The lowest BCUT2D eigenvalue weighted by Gasteiger charge is -2.13. The number of aromatic nitrogens is 1. The smallest absolute Gasteiger partial charge is 0.253 e. The van der Waals surface area contributed by atoms with Crippen LogP contribution in [0.15, 0.2) is 18.5 Å². The van der Waals surface area contributed by atoms with E-state index in [0.29, 0.717) is 18.0 Å². The van der Waals surface area contributed by atoms with Crippen LogP contribution in [-0.4, -0.2) is 24.0 Å². The summed E-state index contributed by atoms with van der Waals surface area (Å²) in [4.78, 5) is 16.1. The molecule has 0 aliphatic carbocycles. The summed E-state index contributed by atoms with van der Waals surface area (Å²) >= 11 is 0. The predicted molar refractivity (Wildman–Crippen MR) is 74.8 cm³/mol. The molecule has 0 fully saturated rings. The van der Waals surface area contributed by atoms with E-state index in [2.05, 4.69) is 36.4 Å². The van der Waals surface area contributed by atoms with E-state index in [1.807, 2.05) is 0 Å². The number of rotatable bonds is 7. The lowest BCUT2D eigenvalue weighted by molar-refractivity contribution is 0.0948. The highest BCUT2D eigenvalue weighted by molar-refractivity contribution is 5.99. The maximum atomic E-state index is 12.1. The first-order valence-corrected chi connectivity index (χ1v) is 6.65. The molecule has 1 atom stereocenters. The molecule has 1 amide bonds. The maximum Gasteiger partial charge on any atom is 0.253 e. The van der Waals surface area contributed by atoms with Gasteiger partial charge in [0.2, 0.25) is 0 Å². The Labute approximate surface area is 109 Å². The number of anilines is 1. The average molecular weight is 249 g/mol. The molecule has 0 aliphatic rings. The van der Waals surface area contributed by atoms with Gasteiger partial charge in [0.25, 0.3) is 5.91 Å². The molecule has 0 bridgehead atoms. The first kappa shape index (κ1) is 14.5. The zero-order chi connectivity index (χ0) is 13.4. The Balaban J connectivity index is 2.66. The highest BCUT2D eigenvalue weighted by Crippen LogP contribution is 2.13. The van der Waals surface area contributed by atoms with E-state index < -0.39 is 0 Å². The van der Waals surface area contributed by atoms with Crippen LogP contribution >= 0.6 is 0 Å². The monoisotopic (exact) mass is 249 g/mol. The molecule has 0 spiro atoms. The lowest BCUT2D eigenvalue weighted by Crippen LogP contribution is -2.28. The van der Waals surface area contributed by atoms with Gasteiger partial charge in [0.05, 0.1) is 17.4 Å². The fourth-order valence-electron chi connectivity index (χ4n) is 1.50. The van der Waals surface area contributed by atoms with Gasteiger partial charge in [0.1, 0.15) is 0 Å². The molecule has 18 heavy (non-hydrogen) atoms. The Morgan fingerprint density at radius 1 is 1.44 bits per heavy atom. The van der Waals surface area contributed by atoms with Gasteiger partial charge in [0.15, 0.2) is 0 Å². The average Bonchev–Trinajstić information content (AvgIpc) is 2.42. The molecule has 0 saturated carbocycles. The molecule has 1 aromatic heterocycles. The number of nitrogens with zero attached hydrogens (tertiary/aromatic N) is 1. The van der Waals surface area contributed by atoms with Crippen molar-refractivity contribution in [3.8, 4) is 0 Å². The summed E-state index contributed by atoms with van der Waals surface area (Å²) in [6, 6.07) is 1.75. The molecular weight excluding hydrogens is 226 g/mol. The number of hydrogen-bond acceptors (Lipinski definition) is 3. The summed E-state index contributed by atoms with van der Waals surface area (Å²) in [5, 5.41) is 6.18. The van der Waals surface area contributed by atoms with Gasteiger partial charge >= 0.3 is 0 Å². The second-order valence-corrected chi connectivity index (χ2v) is 4.57. The molecule has 4 heteroatoms. The molecule has 1 aromatic rings. The van der Waals surface area contributed by atoms with Gasteiger partial charge in [0, 0.05) is 19.3 Å². The number of carbonyl (C=O) groups excluding carboxylic acids is 1. The van der Waals surface area contributed by atoms with Gasteiger partial charge in [-0.05, 0) is 18.4 Å². The zero-order valence-corrected chi connectivity index (χ0v) is 11.5. The van der Waals surface area contributed by atoms with Crippen LogP contribution in [0.2, 0.25) is 0 Å². The van der Waals surface area contributed by atoms with E-state index in [0.717, 1.165) is 25.1 Å². The third-order valence-corrected chi connectivity index (χ3v) is 2.94. The van der Waals surface area contributed by atoms with Crippen molar-refractivity contribution in [3.05, 3.63) is 24.0 Å². The zero-order valence-electron chi connectivity index (χ0n) is 11.5. The van der Waals surface area contributed by atoms with Gasteiger partial charge < -0.3 is 10.6 Å². The van der Waals surface area contributed by atoms with Crippen molar-refractivity contribution >= 4 is 11.6 Å². The number of pyridine rings is 1. The first-order chi connectivity index (χ1) is 8.69. The van der Waals surface area contributed by atoms with Gasteiger partial charge in [-0.3, -0.25) is 9.78 Å². The summed E-state index contributed by atoms with van der Waals surface area (Å²) in [5.41, 5.74) is 1.47. The van der Waals surface area contributed by atoms with Crippen LogP contribution in [0.25, 0.3) is 0 Å². The fraction of sp³-hybridized carbons (Fsp3) is 0.571. The molecule has 1 heterocycles. The minimum Gasteiger partial charge on any atom is -0.383 e. The maximum absolute atomic E-state index is 12.1. The van der Waals surface area contributed by atoms with Crippen molar-refractivity contribution in [1.29, 1.82) is 0 Å². The quantitative estimate of drug-likeness (QED) is 0.781. The SMILES string of the molecule is CCCNc1cnccc1C(=O)NCC(C)CC. The van der Waals surface area contributed by atoms with E-state index in [4.69, 9.17) is 0 Å². The molecular formula is C14H23N3O. The van der Waals surface area contributed by atoms with E-state index in [9.17, 15) is 4.79 Å². The van der Waals surface area contributed by atoms with Crippen LogP contribution in [0.5, 0.6) is 0 Å². The molecule has 1 unspecified atom stereocenters. The second-order valence-electron chi connectivity index (χ2n) is 4.57. The standard InChI is InChI=1S/C14H23N3O/c1-4-7-16-13-10-15-8-6-12(13)14(18)17-9-11(3)5-2/h6,8,10-11,16H,4-5,7,9H2,1-3H3,(H,17,18). The highest BCUT2D eigenvalue weighted by atomic mass is 16.1. The lowest BCUT2D eigenvalue weighted by atomic mass is 10.1. The van der Waals surface area contributed by atoms with Crippen LogP contribution in [0.4, 0.5) is 5.69 Å². The summed E-state index contributed by atoms with van der Waals surface area (Å²) in [6.45, 7) is 7.90. The first-order valence-electron chi connectivity index (χ1n) is 6.65. The Bertz CT molecular complexity index is 379. The molecule has 0 radical (unpaired) electrons. The molecule has 0 aromatic carbocycles. The minimum absolute atomic E-state index is 0.0312. The van der Waals surface area contributed by atoms with Crippen molar-refractivity contribution in [2.75, 3.05) is 18.4 Å². The van der Waals surface area contributed by atoms with Crippen LogP contribution in [0.1, 0.15) is 44.0 Å². The van der Waals surface area contributed by atoms with Crippen molar-refractivity contribution in [2.24, 2.45) is 5.92 Å². The van der Waals surface area contributed by atoms with E-state index in [-0.39, 0.29) is 5.91 Å². The Morgan fingerprint density at radius 2 is 2.22 bits per heavy atom. The highest BCUT2D eigenvalue weighted by Gasteiger charge is 2.11. The largest absolute Gasteiger partial charge is 0.383 e. The number of nitrogens with one attached hydrogen (secondary N) is 2. The van der Waals surface area contributed by atoms with E-state index >= 15 is 0 Å². The number of amides is 1. The second kappa shape index (κ2) is 7.69. The number of hydrogen-bond donors (Lipinski definition) is 2. The molecule has 0 saturated heterocycles. The summed E-state index contributed by atoms with van der Waals surface area (Å²) in [5.74, 6) is 0.471. The normalized spacial score (nSPS) is 11.9. The van der Waals surface area contributed by atoms with Crippen LogP contribution in [0.3, 0.4) is 0 Å². The van der Waals surface area contributed by atoms with E-state index in [1.165, 1.54) is 0 Å². The molecule has 4 nitrogen and oxygen atoms in total. The van der Waals surface area contributed by atoms with Crippen molar-refractivity contribution in [1.82, 2.24) is 10.3 Å². The van der Waals surface area contributed by atoms with Gasteiger partial charge in [-0.15, -0.1) is 0 Å². The summed E-state index contributed by atoms with van der Waals surface area (Å²) in [7, 11) is 0. The van der Waals surface area contributed by atoms with Crippen molar-refractivity contribution < 1.29 is 4.79 Å². The van der Waals surface area contributed by atoms with Gasteiger partial charge in [-0.2, -0.15) is 0 Å². The Hall–Kier alpha value is -1.58. The molecule has 0 aliphatic heterocycles. The predicted octanol–water partition coefficient (Wildman–Crippen LogP) is 2.68. The molecule has 1 rings (SSSR count). The van der Waals surface area contributed by atoms with Crippen LogP contribution in [-0.2, 0) is 0 Å². The van der Waals surface area contributed by atoms with Crippen LogP contribution < -0.4 is 10.6 Å². The summed E-state index contributed by atoms with van der Waals surface area (Å²) in [6.07, 6.45) is 5.43. The fourth-order valence-corrected chi connectivity index (χ4v) is 1.50. The Kier molecular flexibility index (Phi) is 6.19. The van der Waals surface area contributed by atoms with Crippen molar-refractivity contribution in [2.45, 2.75) is 33.6 Å². The molecule has 2 N–H and O–H groups in total. The Morgan fingerprint density at radius 3 is 2.89 bits per heavy atom. The summed E-state index contributed by atoms with van der Waals surface area (Å²) < 4.78 is 0. The topological polar surface area (TPSA) is 54.0 Å². The third-order valence-electron chi connectivity index (χ3n) is 2.94.